The number of pyridine rings is 1. The van der Waals surface area contributed by atoms with Crippen LogP contribution in [-0.2, 0) is 9.53 Å². The Morgan fingerprint density at radius 1 is 1.12 bits per heavy atom. The van der Waals surface area contributed by atoms with E-state index in [2.05, 4.69) is 4.98 Å². The molecule has 0 spiro atoms. The van der Waals surface area contributed by atoms with E-state index in [0.717, 1.165) is 16.7 Å². The molecule has 126 valence electrons. The maximum Gasteiger partial charge on any atom is 0.330 e. The number of carbonyl (C=O) groups is 1. The summed E-state index contributed by atoms with van der Waals surface area (Å²) < 4.78 is 15.6. The Bertz CT molecular complexity index is 884. The van der Waals surface area contributed by atoms with E-state index in [4.69, 9.17) is 13.9 Å². The number of benzene rings is 1. The van der Waals surface area contributed by atoms with Crippen LogP contribution in [-0.4, -0.2) is 25.2 Å². The quantitative estimate of drug-likeness (QED) is 0.516. The molecule has 0 amide bonds. The minimum Gasteiger partial charge on any atom is -0.481 e. The summed E-state index contributed by atoms with van der Waals surface area (Å²) in [5.74, 6) is 0.598. The van der Waals surface area contributed by atoms with Crippen molar-refractivity contribution in [2.45, 2.75) is 0 Å². The molecule has 0 atom stereocenters. The highest BCUT2D eigenvalue weighted by Gasteiger charge is 2.16. The number of rotatable bonds is 5. The number of hydrogen-bond acceptors (Lipinski definition) is 5. The Hall–Kier alpha value is -3.34. The Labute approximate surface area is 145 Å². The number of furan rings is 1. The van der Waals surface area contributed by atoms with Gasteiger partial charge >= 0.3 is 5.97 Å². The first-order valence-electron chi connectivity index (χ1n) is 7.67. The largest absolute Gasteiger partial charge is 0.481 e. The molecule has 5 heteroatoms. The van der Waals surface area contributed by atoms with Crippen molar-refractivity contribution in [2.24, 2.45) is 0 Å². The summed E-state index contributed by atoms with van der Waals surface area (Å²) in [7, 11) is 2.90. The number of nitrogens with zero attached hydrogens (tertiary/aromatic N) is 1. The van der Waals surface area contributed by atoms with Crippen LogP contribution in [0.25, 0.3) is 28.7 Å². The molecule has 3 rings (SSSR count). The van der Waals surface area contributed by atoms with Gasteiger partial charge in [0.2, 0.25) is 5.88 Å². The van der Waals surface area contributed by atoms with Crippen LogP contribution in [0, 0.1) is 0 Å². The monoisotopic (exact) mass is 335 g/mol. The van der Waals surface area contributed by atoms with Gasteiger partial charge in [0.05, 0.1) is 20.5 Å². The minimum absolute atomic E-state index is 0.444. The summed E-state index contributed by atoms with van der Waals surface area (Å²) in [5, 5.41) is 0. The summed E-state index contributed by atoms with van der Waals surface area (Å²) in [5.41, 5.74) is 3.18. The molecule has 0 saturated carbocycles. The Morgan fingerprint density at radius 2 is 1.92 bits per heavy atom. The van der Waals surface area contributed by atoms with E-state index >= 15 is 0 Å². The summed E-state index contributed by atoms with van der Waals surface area (Å²) >= 11 is 0. The SMILES string of the molecule is COC(=O)/C=C/c1c(-c2ccccc2)cc(OC)nc1-c1ccco1. The number of methoxy groups -OCH3 is 2. The van der Waals surface area contributed by atoms with Gasteiger partial charge in [-0.25, -0.2) is 9.78 Å². The average molecular weight is 335 g/mol. The Balaban J connectivity index is 2.26. The second kappa shape index (κ2) is 7.49. The van der Waals surface area contributed by atoms with E-state index in [9.17, 15) is 4.79 Å². The third-order valence-electron chi connectivity index (χ3n) is 3.67. The topological polar surface area (TPSA) is 61.6 Å². The molecule has 0 aliphatic heterocycles. The molecule has 0 bridgehead atoms. The van der Waals surface area contributed by atoms with Gasteiger partial charge < -0.3 is 13.9 Å². The molecule has 3 aromatic rings. The lowest BCUT2D eigenvalue weighted by Crippen LogP contribution is -1.98. The Morgan fingerprint density at radius 3 is 2.56 bits per heavy atom. The summed E-state index contributed by atoms with van der Waals surface area (Å²) in [4.78, 5) is 16.1. The molecule has 0 unspecified atom stereocenters. The zero-order valence-electron chi connectivity index (χ0n) is 13.9. The number of hydrogen-bond donors (Lipinski definition) is 0. The van der Waals surface area contributed by atoms with Gasteiger partial charge in [0.1, 0.15) is 5.69 Å². The number of esters is 1. The van der Waals surface area contributed by atoms with E-state index in [-0.39, 0.29) is 0 Å². The van der Waals surface area contributed by atoms with Crippen LogP contribution in [0.15, 0.2) is 65.3 Å². The highest BCUT2D eigenvalue weighted by molar-refractivity contribution is 5.92. The first kappa shape index (κ1) is 16.5. The zero-order valence-corrected chi connectivity index (χ0v) is 13.9. The summed E-state index contributed by atoms with van der Waals surface area (Å²) in [6, 6.07) is 15.2. The van der Waals surface area contributed by atoms with Crippen molar-refractivity contribution in [1.29, 1.82) is 0 Å². The van der Waals surface area contributed by atoms with Crippen molar-refractivity contribution in [3.63, 3.8) is 0 Å². The zero-order chi connectivity index (χ0) is 17.6. The molecule has 25 heavy (non-hydrogen) atoms. The van der Waals surface area contributed by atoms with Gasteiger partial charge in [-0.05, 0) is 29.3 Å². The van der Waals surface area contributed by atoms with Crippen molar-refractivity contribution < 1.29 is 18.7 Å². The van der Waals surface area contributed by atoms with Crippen LogP contribution >= 0.6 is 0 Å². The van der Waals surface area contributed by atoms with Gasteiger partial charge in [-0.15, -0.1) is 0 Å². The lowest BCUT2D eigenvalue weighted by atomic mass is 9.97. The molecule has 0 aliphatic carbocycles. The maximum atomic E-state index is 11.6. The van der Waals surface area contributed by atoms with E-state index < -0.39 is 5.97 Å². The Kier molecular flexibility index (Phi) is 4.95. The predicted molar refractivity (Wildman–Crippen MR) is 95.0 cm³/mol. The lowest BCUT2D eigenvalue weighted by Gasteiger charge is -2.12. The highest BCUT2D eigenvalue weighted by Crippen LogP contribution is 2.35. The van der Waals surface area contributed by atoms with Crippen molar-refractivity contribution >= 4 is 12.0 Å². The molecule has 0 saturated heterocycles. The molecule has 0 aliphatic rings. The summed E-state index contributed by atoms with van der Waals surface area (Å²) in [6.45, 7) is 0. The van der Waals surface area contributed by atoms with Gasteiger partial charge in [-0.2, -0.15) is 0 Å². The van der Waals surface area contributed by atoms with Gasteiger partial charge in [0, 0.05) is 17.7 Å². The van der Waals surface area contributed by atoms with Gasteiger partial charge in [0.25, 0.3) is 0 Å². The number of aromatic nitrogens is 1. The summed E-state index contributed by atoms with van der Waals surface area (Å²) in [6.07, 6.45) is 4.62. The fourth-order valence-corrected chi connectivity index (χ4v) is 2.48. The van der Waals surface area contributed by atoms with E-state index in [1.165, 1.54) is 13.2 Å². The van der Waals surface area contributed by atoms with E-state index in [0.29, 0.717) is 17.3 Å². The van der Waals surface area contributed by atoms with Gasteiger partial charge in [0.15, 0.2) is 5.76 Å². The highest BCUT2D eigenvalue weighted by atomic mass is 16.5. The first-order valence-corrected chi connectivity index (χ1v) is 7.67. The average Bonchev–Trinajstić information content (AvgIpc) is 3.20. The molecule has 0 N–H and O–H groups in total. The van der Waals surface area contributed by atoms with E-state index in [1.807, 2.05) is 42.5 Å². The van der Waals surface area contributed by atoms with Crippen LogP contribution < -0.4 is 4.74 Å². The molecule has 5 nitrogen and oxygen atoms in total. The smallest absolute Gasteiger partial charge is 0.330 e. The molecule has 0 radical (unpaired) electrons. The van der Waals surface area contributed by atoms with Crippen LogP contribution in [0.1, 0.15) is 5.56 Å². The number of ether oxygens (including phenoxy) is 2. The molecule has 1 aromatic carbocycles. The second-order valence-corrected chi connectivity index (χ2v) is 5.17. The van der Waals surface area contributed by atoms with E-state index in [1.54, 1.807) is 25.5 Å². The fraction of sp³-hybridized carbons (Fsp3) is 0.100. The second-order valence-electron chi connectivity index (χ2n) is 5.17. The first-order chi connectivity index (χ1) is 12.2. The fourth-order valence-electron chi connectivity index (χ4n) is 2.48. The third kappa shape index (κ3) is 3.61. The lowest BCUT2D eigenvalue weighted by molar-refractivity contribution is -0.134. The normalized spacial score (nSPS) is 10.8. The maximum absolute atomic E-state index is 11.6. The van der Waals surface area contributed by atoms with Crippen molar-refractivity contribution in [1.82, 2.24) is 4.98 Å². The van der Waals surface area contributed by atoms with Crippen LogP contribution in [0.4, 0.5) is 0 Å². The van der Waals surface area contributed by atoms with Gasteiger partial charge in [-0.3, -0.25) is 0 Å². The van der Waals surface area contributed by atoms with Crippen molar-refractivity contribution in [3.05, 3.63) is 66.4 Å². The third-order valence-corrected chi connectivity index (χ3v) is 3.67. The molecule has 2 aromatic heterocycles. The standard InChI is InChI=1S/C20H17NO4/c1-23-18-13-16(14-7-4-3-5-8-14)15(10-11-19(22)24-2)20(21-18)17-9-6-12-25-17/h3-13H,1-2H3/b11-10+. The van der Waals surface area contributed by atoms with Crippen molar-refractivity contribution in [3.8, 4) is 28.5 Å². The molecule has 2 heterocycles. The van der Waals surface area contributed by atoms with Crippen LogP contribution in [0.5, 0.6) is 5.88 Å². The predicted octanol–water partition coefficient (Wildman–Crippen LogP) is 4.20. The molecular weight excluding hydrogens is 318 g/mol. The molecule has 0 fully saturated rings. The van der Waals surface area contributed by atoms with Crippen LogP contribution in [0.2, 0.25) is 0 Å². The van der Waals surface area contributed by atoms with Gasteiger partial charge in [-0.1, -0.05) is 30.3 Å². The minimum atomic E-state index is -0.444. The van der Waals surface area contributed by atoms with Crippen LogP contribution in [0.3, 0.4) is 0 Å². The number of carbonyl (C=O) groups excluding carboxylic acids is 1. The molecular formula is C20H17NO4. The van der Waals surface area contributed by atoms with Crippen molar-refractivity contribution in [2.75, 3.05) is 14.2 Å².